The van der Waals surface area contributed by atoms with E-state index in [1.165, 1.54) is 4.90 Å². The van der Waals surface area contributed by atoms with Gasteiger partial charge in [0.1, 0.15) is 5.75 Å². The predicted molar refractivity (Wildman–Crippen MR) is 93.4 cm³/mol. The van der Waals surface area contributed by atoms with Gasteiger partial charge in [-0.3, -0.25) is 19.5 Å². The summed E-state index contributed by atoms with van der Waals surface area (Å²) in [5.41, 5.74) is 1.67. The number of ether oxygens (including phenoxy) is 1. The van der Waals surface area contributed by atoms with Crippen molar-refractivity contribution < 1.29 is 14.3 Å². The lowest BCUT2D eigenvalue weighted by molar-refractivity contribution is -0.123. The number of amides is 2. The first-order chi connectivity index (χ1) is 11.7. The predicted octanol–water partition coefficient (Wildman–Crippen LogP) is 3.72. The van der Waals surface area contributed by atoms with Gasteiger partial charge in [-0.2, -0.15) is 0 Å². The van der Waals surface area contributed by atoms with E-state index in [0.717, 1.165) is 28.6 Å². The van der Waals surface area contributed by atoms with E-state index in [1.807, 2.05) is 37.3 Å². The molecule has 0 bridgehead atoms. The molecule has 0 spiro atoms. The third-order valence-electron chi connectivity index (χ3n) is 3.43. The largest absolute Gasteiger partial charge is 0.494 e. The number of benzene rings is 1. The first-order valence-electron chi connectivity index (χ1n) is 7.54. The summed E-state index contributed by atoms with van der Waals surface area (Å²) in [5, 5.41) is -0.263. The van der Waals surface area contributed by atoms with Gasteiger partial charge < -0.3 is 4.74 Å². The molecule has 0 saturated carbocycles. The Morgan fingerprint density at radius 2 is 2.00 bits per heavy atom. The van der Waals surface area contributed by atoms with Crippen molar-refractivity contribution in [1.82, 2.24) is 9.88 Å². The van der Waals surface area contributed by atoms with Gasteiger partial charge >= 0.3 is 0 Å². The van der Waals surface area contributed by atoms with Gasteiger partial charge in [-0.05, 0) is 54.1 Å². The molecule has 5 nitrogen and oxygen atoms in total. The number of nitrogens with zero attached hydrogens (tertiary/aromatic N) is 2. The summed E-state index contributed by atoms with van der Waals surface area (Å²) < 4.78 is 5.39. The Hall–Kier alpha value is -2.60. The van der Waals surface area contributed by atoms with Crippen LogP contribution in [-0.4, -0.2) is 27.6 Å². The number of carbonyl (C=O) groups is 2. The molecule has 3 rings (SSSR count). The van der Waals surface area contributed by atoms with Crippen LogP contribution in [-0.2, 0) is 11.3 Å². The Morgan fingerprint density at radius 3 is 2.67 bits per heavy atom. The van der Waals surface area contributed by atoms with Crippen molar-refractivity contribution in [2.24, 2.45) is 0 Å². The molecule has 0 N–H and O–H groups in total. The summed E-state index contributed by atoms with van der Waals surface area (Å²) in [4.78, 5) is 30.2. The lowest BCUT2D eigenvalue weighted by Gasteiger charge is -2.11. The number of aromatic nitrogens is 1. The standard InChI is InChI=1S/C18H16N2O3S/c1-2-23-15-7-5-13(6-8-15)10-16-17(21)20(18(22)24-16)12-14-4-3-9-19-11-14/h3-11H,2,12H2,1H3/b16-10+. The average molecular weight is 340 g/mol. The van der Waals surface area contributed by atoms with Crippen molar-refractivity contribution in [2.75, 3.05) is 6.61 Å². The maximum absolute atomic E-state index is 12.5. The molecule has 0 aliphatic carbocycles. The number of hydrogen-bond donors (Lipinski definition) is 0. The molecule has 0 atom stereocenters. The number of thioether (sulfide) groups is 1. The first-order valence-corrected chi connectivity index (χ1v) is 8.36. The van der Waals surface area contributed by atoms with E-state index in [1.54, 1.807) is 24.5 Å². The molecule has 122 valence electrons. The lowest BCUT2D eigenvalue weighted by Crippen LogP contribution is -2.27. The average Bonchev–Trinajstić information content (AvgIpc) is 2.85. The van der Waals surface area contributed by atoms with Gasteiger partial charge in [0.05, 0.1) is 18.1 Å². The van der Waals surface area contributed by atoms with Crippen molar-refractivity contribution in [3.05, 3.63) is 64.8 Å². The molecule has 0 radical (unpaired) electrons. The van der Waals surface area contributed by atoms with Crippen LogP contribution >= 0.6 is 11.8 Å². The molecule has 2 amide bonds. The molecule has 1 aromatic carbocycles. The summed E-state index contributed by atoms with van der Waals surface area (Å²) >= 11 is 0.957. The Morgan fingerprint density at radius 1 is 1.21 bits per heavy atom. The number of rotatable bonds is 5. The molecule has 1 saturated heterocycles. The molecule has 1 aliphatic rings. The molecule has 1 fully saturated rings. The summed E-state index contributed by atoms with van der Waals surface area (Å²) in [6.07, 6.45) is 5.03. The Bertz CT molecular complexity index is 773. The lowest BCUT2D eigenvalue weighted by atomic mass is 10.2. The Balaban J connectivity index is 1.75. The first kappa shape index (κ1) is 16.3. The fourth-order valence-electron chi connectivity index (χ4n) is 2.29. The third-order valence-corrected chi connectivity index (χ3v) is 4.33. The minimum Gasteiger partial charge on any atom is -0.494 e. The van der Waals surface area contributed by atoms with E-state index in [-0.39, 0.29) is 17.7 Å². The molecular weight excluding hydrogens is 324 g/mol. The van der Waals surface area contributed by atoms with Crippen LogP contribution in [0.4, 0.5) is 4.79 Å². The van der Waals surface area contributed by atoms with Gasteiger partial charge in [-0.25, -0.2) is 0 Å². The molecule has 24 heavy (non-hydrogen) atoms. The monoisotopic (exact) mass is 340 g/mol. The zero-order chi connectivity index (χ0) is 16.9. The van der Waals surface area contributed by atoms with Gasteiger partial charge in [0, 0.05) is 12.4 Å². The van der Waals surface area contributed by atoms with E-state index >= 15 is 0 Å². The van der Waals surface area contributed by atoms with Gasteiger partial charge in [0.25, 0.3) is 11.1 Å². The van der Waals surface area contributed by atoms with Crippen molar-refractivity contribution in [1.29, 1.82) is 0 Å². The highest BCUT2D eigenvalue weighted by Crippen LogP contribution is 2.33. The number of pyridine rings is 1. The normalized spacial score (nSPS) is 16.0. The van der Waals surface area contributed by atoms with Gasteiger partial charge in [0.2, 0.25) is 0 Å². The molecule has 6 heteroatoms. The summed E-state index contributed by atoms with van der Waals surface area (Å²) in [7, 11) is 0. The van der Waals surface area contributed by atoms with Crippen LogP contribution in [0.3, 0.4) is 0 Å². The highest BCUT2D eigenvalue weighted by molar-refractivity contribution is 8.18. The maximum Gasteiger partial charge on any atom is 0.293 e. The second-order valence-corrected chi connectivity index (χ2v) is 6.12. The van der Waals surface area contributed by atoms with E-state index < -0.39 is 0 Å². The van der Waals surface area contributed by atoms with Crippen LogP contribution in [0, 0.1) is 0 Å². The highest BCUT2D eigenvalue weighted by atomic mass is 32.2. The smallest absolute Gasteiger partial charge is 0.293 e. The van der Waals surface area contributed by atoms with Gasteiger partial charge in [-0.15, -0.1) is 0 Å². The molecule has 1 aliphatic heterocycles. The Kier molecular flexibility index (Phi) is 4.96. The van der Waals surface area contributed by atoms with Crippen molar-refractivity contribution in [3.63, 3.8) is 0 Å². The van der Waals surface area contributed by atoms with Crippen LogP contribution in [0.2, 0.25) is 0 Å². The summed E-state index contributed by atoms with van der Waals surface area (Å²) in [6.45, 7) is 2.76. The number of imide groups is 1. The quantitative estimate of drug-likeness (QED) is 0.777. The van der Waals surface area contributed by atoms with E-state index in [9.17, 15) is 9.59 Å². The summed E-state index contributed by atoms with van der Waals surface area (Å²) in [5.74, 6) is 0.502. The van der Waals surface area contributed by atoms with Crippen LogP contribution in [0.15, 0.2) is 53.7 Å². The van der Waals surface area contributed by atoms with Crippen LogP contribution < -0.4 is 4.74 Å². The molecular formula is C18H16N2O3S. The van der Waals surface area contributed by atoms with Crippen LogP contribution in [0.1, 0.15) is 18.1 Å². The molecule has 2 heterocycles. The van der Waals surface area contributed by atoms with Gasteiger partial charge in [-0.1, -0.05) is 18.2 Å². The molecule has 0 unspecified atom stereocenters. The zero-order valence-corrected chi connectivity index (χ0v) is 14.0. The molecule has 2 aromatic rings. The van der Waals surface area contributed by atoms with Crippen molar-refractivity contribution in [3.8, 4) is 5.75 Å². The van der Waals surface area contributed by atoms with E-state index in [0.29, 0.717) is 11.5 Å². The summed E-state index contributed by atoms with van der Waals surface area (Å²) in [6, 6.07) is 11.0. The van der Waals surface area contributed by atoms with Crippen LogP contribution in [0.25, 0.3) is 6.08 Å². The Labute approximate surface area is 144 Å². The maximum atomic E-state index is 12.5. The fourth-order valence-corrected chi connectivity index (χ4v) is 3.13. The molecule has 1 aromatic heterocycles. The van der Waals surface area contributed by atoms with Crippen molar-refractivity contribution >= 4 is 29.0 Å². The zero-order valence-electron chi connectivity index (χ0n) is 13.1. The number of carbonyl (C=O) groups excluding carboxylic acids is 2. The van der Waals surface area contributed by atoms with E-state index in [2.05, 4.69) is 4.98 Å². The number of hydrogen-bond acceptors (Lipinski definition) is 5. The fraction of sp³-hybridized carbons (Fsp3) is 0.167. The van der Waals surface area contributed by atoms with Gasteiger partial charge in [0.15, 0.2) is 0 Å². The van der Waals surface area contributed by atoms with Crippen LogP contribution in [0.5, 0.6) is 5.75 Å². The highest BCUT2D eigenvalue weighted by Gasteiger charge is 2.34. The third kappa shape index (κ3) is 3.65. The minimum atomic E-state index is -0.275. The topological polar surface area (TPSA) is 59.5 Å². The SMILES string of the molecule is CCOc1ccc(/C=C2/SC(=O)N(Cc3cccnc3)C2=O)cc1. The second kappa shape index (κ2) is 7.31. The van der Waals surface area contributed by atoms with Crippen molar-refractivity contribution in [2.45, 2.75) is 13.5 Å². The second-order valence-electron chi connectivity index (χ2n) is 5.13. The van der Waals surface area contributed by atoms with E-state index in [4.69, 9.17) is 4.74 Å². The minimum absolute atomic E-state index is 0.235.